The van der Waals surface area contributed by atoms with Crippen molar-refractivity contribution >= 4 is 21.9 Å². The van der Waals surface area contributed by atoms with Crippen molar-refractivity contribution in [2.45, 2.75) is 51.0 Å². The van der Waals surface area contributed by atoms with Crippen LogP contribution in [0.15, 0.2) is 30.5 Å². The number of hydrogen-bond donors (Lipinski definition) is 3. The summed E-state index contributed by atoms with van der Waals surface area (Å²) in [4.78, 5) is 35.4. The summed E-state index contributed by atoms with van der Waals surface area (Å²) in [7, 11) is -3.20. The van der Waals surface area contributed by atoms with Gasteiger partial charge in [-0.1, -0.05) is 12.1 Å². The number of piperidine rings is 1. The van der Waals surface area contributed by atoms with Crippen molar-refractivity contribution in [2.75, 3.05) is 32.4 Å². The van der Waals surface area contributed by atoms with E-state index in [0.717, 1.165) is 50.5 Å². The lowest BCUT2D eigenvalue weighted by Gasteiger charge is -2.34. The summed E-state index contributed by atoms with van der Waals surface area (Å²) in [6.45, 7) is 2.35. The summed E-state index contributed by atoms with van der Waals surface area (Å²) in [5.41, 5.74) is 7.53. The number of carbonyl (C=O) groups is 2. The number of likely N-dealkylation sites (tertiary alicyclic amines) is 1. The van der Waals surface area contributed by atoms with Gasteiger partial charge in [0.25, 0.3) is 0 Å². The van der Waals surface area contributed by atoms with E-state index in [0.29, 0.717) is 49.5 Å². The van der Waals surface area contributed by atoms with Crippen LogP contribution in [0.4, 0.5) is 0 Å². The Hall–Kier alpha value is -2.76. The SMILES string of the molecule is CS(=O)(=O)N1CCC([C@H]2C[C@@H](c3ncc(-c4cccc(C(=O)O)c4)[nH]3)N(C(=O)[C@H]3CC[C@H](CN)CC3)C2)CC1. The molecule has 3 heterocycles. The highest BCUT2D eigenvalue weighted by molar-refractivity contribution is 7.88. The number of imidazole rings is 1. The van der Waals surface area contributed by atoms with E-state index < -0.39 is 16.0 Å². The topological polar surface area (TPSA) is 150 Å². The van der Waals surface area contributed by atoms with Gasteiger partial charge in [-0.05, 0) is 81.4 Å². The standard InChI is InChI=1S/C28H39N5O5S/c1-39(37,38)32-11-9-19(10-12-32)23-14-25(33(17-23)27(34)20-7-5-18(15-29)6-8-20)26-30-16-24(31-26)21-3-2-4-22(13-21)28(35)36/h2-4,13,16,18-20,23,25H,5-12,14-15,17,29H2,1H3,(H,30,31)(H,35,36)/t18-,20-,23-,25-/m0/s1. The summed E-state index contributed by atoms with van der Waals surface area (Å²) < 4.78 is 25.6. The number of aromatic carboxylic acids is 1. The van der Waals surface area contributed by atoms with Crippen LogP contribution >= 0.6 is 0 Å². The number of aromatic amines is 1. The van der Waals surface area contributed by atoms with E-state index in [2.05, 4.69) is 9.97 Å². The Bertz CT molecular complexity index is 1290. The average Bonchev–Trinajstić information content (AvgIpc) is 3.60. The third-order valence-electron chi connectivity index (χ3n) is 9.11. The van der Waals surface area contributed by atoms with Gasteiger partial charge in [-0.3, -0.25) is 4.79 Å². The van der Waals surface area contributed by atoms with Crippen molar-refractivity contribution in [3.8, 4) is 11.3 Å². The van der Waals surface area contributed by atoms with Crippen LogP contribution in [0.1, 0.15) is 67.2 Å². The smallest absolute Gasteiger partial charge is 0.335 e. The maximum absolute atomic E-state index is 13.9. The predicted molar refractivity (Wildman–Crippen MR) is 147 cm³/mol. The fourth-order valence-corrected chi connectivity index (χ4v) is 7.62. The molecule has 10 nitrogen and oxygen atoms in total. The van der Waals surface area contributed by atoms with Crippen molar-refractivity contribution in [3.05, 3.63) is 41.9 Å². The van der Waals surface area contributed by atoms with E-state index in [1.54, 1.807) is 28.7 Å². The minimum absolute atomic E-state index is 0.0113. The third kappa shape index (κ3) is 6.05. The number of nitrogens with two attached hydrogens (primary N) is 1. The highest BCUT2D eigenvalue weighted by Crippen LogP contribution is 2.43. The van der Waals surface area contributed by atoms with Gasteiger partial charge in [-0.25, -0.2) is 22.5 Å². The van der Waals surface area contributed by atoms with Gasteiger partial charge < -0.3 is 20.7 Å². The van der Waals surface area contributed by atoms with Gasteiger partial charge in [-0.15, -0.1) is 0 Å². The number of hydrogen-bond acceptors (Lipinski definition) is 6. The molecule has 3 fully saturated rings. The molecule has 11 heteroatoms. The van der Waals surface area contributed by atoms with Crippen molar-refractivity contribution in [2.24, 2.45) is 29.4 Å². The summed E-state index contributed by atoms with van der Waals surface area (Å²) in [5.74, 6) is 0.998. The van der Waals surface area contributed by atoms with E-state index in [1.807, 2.05) is 11.0 Å². The van der Waals surface area contributed by atoms with Gasteiger partial charge in [0.15, 0.2) is 0 Å². The van der Waals surface area contributed by atoms with E-state index >= 15 is 0 Å². The van der Waals surface area contributed by atoms with Crippen LogP contribution in [0.2, 0.25) is 0 Å². The maximum atomic E-state index is 13.9. The van der Waals surface area contributed by atoms with E-state index in [9.17, 15) is 23.1 Å². The predicted octanol–water partition coefficient (Wildman–Crippen LogP) is 3.10. The molecule has 5 rings (SSSR count). The number of aromatic nitrogens is 2. The summed E-state index contributed by atoms with van der Waals surface area (Å²) in [6, 6.07) is 6.53. The van der Waals surface area contributed by atoms with Crippen molar-refractivity contribution < 1.29 is 23.1 Å². The summed E-state index contributed by atoms with van der Waals surface area (Å²) >= 11 is 0. The van der Waals surface area contributed by atoms with Gasteiger partial charge >= 0.3 is 5.97 Å². The van der Waals surface area contributed by atoms with Gasteiger partial charge in [0.2, 0.25) is 15.9 Å². The lowest BCUT2D eigenvalue weighted by molar-refractivity contribution is -0.138. The van der Waals surface area contributed by atoms with Crippen molar-refractivity contribution in [1.82, 2.24) is 19.2 Å². The fourth-order valence-electron chi connectivity index (χ4n) is 6.74. The number of sulfonamides is 1. The maximum Gasteiger partial charge on any atom is 0.335 e. The first-order valence-corrected chi connectivity index (χ1v) is 15.8. The molecule has 3 aliphatic rings. The Labute approximate surface area is 230 Å². The zero-order valence-electron chi connectivity index (χ0n) is 22.5. The van der Waals surface area contributed by atoms with Crippen LogP contribution in [0, 0.1) is 23.7 Å². The molecule has 4 N–H and O–H groups in total. The zero-order chi connectivity index (χ0) is 27.7. The van der Waals surface area contributed by atoms with Crippen LogP contribution in [-0.4, -0.2) is 77.0 Å². The number of H-pyrrole nitrogens is 1. The molecule has 1 amide bonds. The molecule has 0 radical (unpaired) electrons. The lowest BCUT2D eigenvalue weighted by atomic mass is 9.81. The van der Waals surface area contributed by atoms with Gasteiger partial charge in [0.1, 0.15) is 5.82 Å². The second-order valence-electron chi connectivity index (χ2n) is 11.5. The molecule has 212 valence electrons. The van der Waals surface area contributed by atoms with E-state index in [4.69, 9.17) is 5.73 Å². The molecule has 2 aromatic rings. The number of nitrogens with one attached hydrogen (secondary N) is 1. The van der Waals surface area contributed by atoms with Crippen LogP contribution in [0.25, 0.3) is 11.3 Å². The number of benzene rings is 1. The van der Waals surface area contributed by atoms with Crippen LogP contribution in [0.3, 0.4) is 0 Å². The fraction of sp³-hybridized carbons (Fsp3) is 0.607. The Morgan fingerprint density at radius 3 is 2.46 bits per heavy atom. The first kappa shape index (κ1) is 27.8. The highest BCUT2D eigenvalue weighted by atomic mass is 32.2. The van der Waals surface area contributed by atoms with Crippen LogP contribution in [0.5, 0.6) is 0 Å². The van der Waals surface area contributed by atoms with Crippen molar-refractivity contribution in [1.29, 1.82) is 0 Å². The Balaban J connectivity index is 1.37. The van der Waals surface area contributed by atoms with Crippen molar-refractivity contribution in [3.63, 3.8) is 0 Å². The molecule has 2 aliphatic heterocycles. The van der Waals surface area contributed by atoms with Gasteiger partial charge in [-0.2, -0.15) is 0 Å². The number of rotatable bonds is 7. The largest absolute Gasteiger partial charge is 0.478 e. The molecule has 39 heavy (non-hydrogen) atoms. The minimum Gasteiger partial charge on any atom is -0.478 e. The first-order chi connectivity index (χ1) is 18.6. The van der Waals surface area contributed by atoms with Crippen LogP contribution in [-0.2, 0) is 14.8 Å². The molecule has 1 aromatic heterocycles. The lowest BCUT2D eigenvalue weighted by Crippen LogP contribution is -2.41. The Kier molecular flexibility index (Phi) is 8.11. The third-order valence-corrected chi connectivity index (χ3v) is 10.4. The molecule has 2 saturated heterocycles. The molecule has 2 atom stereocenters. The highest BCUT2D eigenvalue weighted by Gasteiger charge is 2.44. The Morgan fingerprint density at radius 1 is 1.10 bits per heavy atom. The summed E-state index contributed by atoms with van der Waals surface area (Å²) in [6.07, 6.45) is 8.99. The normalized spacial score (nSPS) is 27.1. The van der Waals surface area contributed by atoms with E-state index in [-0.39, 0.29) is 29.3 Å². The average molecular weight is 558 g/mol. The molecule has 0 unspecified atom stereocenters. The van der Waals surface area contributed by atoms with Crippen LogP contribution < -0.4 is 5.73 Å². The minimum atomic E-state index is -3.20. The number of amides is 1. The second-order valence-corrected chi connectivity index (χ2v) is 13.5. The number of carboxylic acids is 1. The van der Waals surface area contributed by atoms with Gasteiger partial charge in [0.05, 0.1) is 29.8 Å². The van der Waals surface area contributed by atoms with Gasteiger partial charge in [0, 0.05) is 31.1 Å². The Morgan fingerprint density at radius 2 is 1.82 bits per heavy atom. The molecule has 1 aliphatic carbocycles. The zero-order valence-corrected chi connectivity index (χ0v) is 23.3. The molecular weight excluding hydrogens is 518 g/mol. The first-order valence-electron chi connectivity index (χ1n) is 14.0. The number of carbonyl (C=O) groups excluding carboxylic acids is 1. The number of nitrogens with zero attached hydrogens (tertiary/aromatic N) is 3. The monoisotopic (exact) mass is 557 g/mol. The molecule has 0 spiro atoms. The molecule has 1 saturated carbocycles. The molecule has 0 bridgehead atoms. The number of carboxylic acid groups (broad SMARTS) is 1. The molecule has 1 aromatic carbocycles. The molecular formula is C28H39N5O5S. The summed E-state index contributed by atoms with van der Waals surface area (Å²) in [5, 5.41) is 9.39. The quantitative estimate of drug-likeness (QED) is 0.473. The van der Waals surface area contributed by atoms with E-state index in [1.165, 1.54) is 6.26 Å². The second kappa shape index (κ2) is 11.4.